The van der Waals surface area contributed by atoms with Crippen LogP contribution in [0.5, 0.6) is 5.75 Å². The van der Waals surface area contributed by atoms with Crippen LogP contribution in [0, 0.1) is 5.92 Å². The number of ether oxygens (including phenoxy) is 1. The monoisotopic (exact) mass is 422 g/mol. The molecule has 7 heteroatoms. The maximum atomic E-state index is 13.1. The molecule has 0 aromatic heterocycles. The molecule has 162 valence electrons. The largest absolute Gasteiger partial charge is 0.495 e. The molecule has 1 aliphatic heterocycles. The van der Waals surface area contributed by atoms with Gasteiger partial charge in [-0.15, -0.1) is 0 Å². The quantitative estimate of drug-likeness (QED) is 0.666. The van der Waals surface area contributed by atoms with Gasteiger partial charge in [-0.05, 0) is 49.8 Å². The van der Waals surface area contributed by atoms with E-state index in [9.17, 15) is 13.2 Å². The van der Waals surface area contributed by atoms with Gasteiger partial charge in [0.1, 0.15) is 10.6 Å². The van der Waals surface area contributed by atoms with Crippen molar-refractivity contribution in [2.45, 2.75) is 75.5 Å². The number of hydrogen-bond acceptors (Lipinski definition) is 4. The van der Waals surface area contributed by atoms with Gasteiger partial charge in [0, 0.05) is 25.2 Å². The van der Waals surface area contributed by atoms with Gasteiger partial charge in [-0.25, -0.2) is 8.42 Å². The zero-order chi connectivity index (χ0) is 20.7. The van der Waals surface area contributed by atoms with Gasteiger partial charge in [0.2, 0.25) is 15.9 Å². The maximum absolute atomic E-state index is 13.1. The molecule has 1 N–H and O–H groups in total. The first kappa shape index (κ1) is 22.1. The second-order valence-corrected chi connectivity index (χ2v) is 10.2. The first-order valence-corrected chi connectivity index (χ1v) is 12.4. The molecule has 0 atom stereocenters. The predicted molar refractivity (Wildman–Crippen MR) is 115 cm³/mol. The van der Waals surface area contributed by atoms with Crippen molar-refractivity contribution in [3.8, 4) is 5.75 Å². The molecule has 1 saturated heterocycles. The van der Waals surface area contributed by atoms with Crippen molar-refractivity contribution in [1.29, 1.82) is 0 Å². The molecule has 3 rings (SSSR count). The van der Waals surface area contributed by atoms with Gasteiger partial charge in [-0.2, -0.15) is 4.31 Å². The third-order valence-corrected chi connectivity index (χ3v) is 8.04. The van der Waals surface area contributed by atoms with Crippen LogP contribution in [-0.4, -0.2) is 38.8 Å². The Hall–Kier alpha value is -1.60. The highest BCUT2D eigenvalue weighted by molar-refractivity contribution is 7.89. The number of carbonyl (C=O) groups is 1. The molecule has 6 nitrogen and oxygen atoms in total. The van der Waals surface area contributed by atoms with E-state index in [0.29, 0.717) is 30.9 Å². The molecule has 29 heavy (non-hydrogen) atoms. The van der Waals surface area contributed by atoms with Crippen LogP contribution in [0.3, 0.4) is 0 Å². The summed E-state index contributed by atoms with van der Waals surface area (Å²) in [5, 5.41) is 2.87. The van der Waals surface area contributed by atoms with Crippen LogP contribution in [0.1, 0.15) is 70.6 Å². The lowest BCUT2D eigenvalue weighted by Crippen LogP contribution is -2.35. The number of piperidine rings is 1. The predicted octanol–water partition coefficient (Wildman–Crippen LogP) is 4.56. The van der Waals surface area contributed by atoms with Gasteiger partial charge in [0.05, 0.1) is 7.11 Å². The summed E-state index contributed by atoms with van der Waals surface area (Å²) in [6, 6.07) is 4.85. The van der Waals surface area contributed by atoms with Gasteiger partial charge < -0.3 is 10.1 Å². The van der Waals surface area contributed by atoms with Crippen molar-refractivity contribution in [2.75, 3.05) is 25.5 Å². The van der Waals surface area contributed by atoms with Crippen LogP contribution >= 0.6 is 0 Å². The lowest BCUT2D eigenvalue weighted by atomic mass is 9.86. The second-order valence-electron chi connectivity index (χ2n) is 8.27. The van der Waals surface area contributed by atoms with Crippen LogP contribution in [0.25, 0.3) is 0 Å². The van der Waals surface area contributed by atoms with Crippen LogP contribution in [-0.2, 0) is 14.8 Å². The SMILES string of the molecule is COc1ccc(NC(=O)CCCC2CCCCC2)cc1S(=O)(=O)N1CCCCC1. The summed E-state index contributed by atoms with van der Waals surface area (Å²) in [5.74, 6) is 1.01. The van der Waals surface area contributed by atoms with Crippen LogP contribution in [0.2, 0.25) is 0 Å². The van der Waals surface area contributed by atoms with Crippen molar-refractivity contribution in [3.05, 3.63) is 18.2 Å². The van der Waals surface area contributed by atoms with E-state index in [1.165, 1.54) is 49.6 Å². The molecular formula is C22H34N2O4S. The lowest BCUT2D eigenvalue weighted by Gasteiger charge is -2.26. The summed E-state index contributed by atoms with van der Waals surface area (Å²) in [6.45, 7) is 1.06. The number of nitrogens with zero attached hydrogens (tertiary/aromatic N) is 1. The number of amides is 1. The Labute approximate surface area is 175 Å². The molecule has 0 bridgehead atoms. The zero-order valence-corrected chi connectivity index (χ0v) is 18.3. The summed E-state index contributed by atoms with van der Waals surface area (Å²) >= 11 is 0. The minimum Gasteiger partial charge on any atom is -0.495 e. The molecular weight excluding hydrogens is 388 g/mol. The minimum absolute atomic E-state index is 0.0627. The number of hydrogen-bond donors (Lipinski definition) is 1. The van der Waals surface area contributed by atoms with Crippen molar-refractivity contribution in [1.82, 2.24) is 4.31 Å². The minimum atomic E-state index is -3.64. The first-order chi connectivity index (χ1) is 14.0. The number of methoxy groups -OCH3 is 1. The fourth-order valence-corrected chi connectivity index (χ4v) is 6.15. The molecule has 1 heterocycles. The number of anilines is 1. The van der Waals surface area contributed by atoms with Crippen molar-refractivity contribution in [2.24, 2.45) is 5.92 Å². The highest BCUT2D eigenvalue weighted by atomic mass is 32.2. The van der Waals surface area contributed by atoms with E-state index in [0.717, 1.165) is 38.0 Å². The maximum Gasteiger partial charge on any atom is 0.246 e. The smallest absolute Gasteiger partial charge is 0.246 e. The van der Waals surface area contributed by atoms with E-state index in [4.69, 9.17) is 4.74 Å². The molecule has 1 aliphatic carbocycles. The van der Waals surface area contributed by atoms with E-state index in [2.05, 4.69) is 5.32 Å². The van der Waals surface area contributed by atoms with Crippen LogP contribution in [0.15, 0.2) is 23.1 Å². The Morgan fingerprint density at radius 1 is 1.10 bits per heavy atom. The Kier molecular flexibility index (Phi) is 7.95. The van der Waals surface area contributed by atoms with E-state index in [-0.39, 0.29) is 10.8 Å². The first-order valence-electron chi connectivity index (χ1n) is 11.0. The molecule has 1 aromatic rings. The number of benzene rings is 1. The number of nitrogens with one attached hydrogen (secondary N) is 1. The molecule has 0 radical (unpaired) electrons. The van der Waals surface area contributed by atoms with Gasteiger partial charge in [-0.3, -0.25) is 4.79 Å². The third kappa shape index (κ3) is 5.95. The summed E-state index contributed by atoms with van der Waals surface area (Å²) in [4.78, 5) is 12.5. The lowest BCUT2D eigenvalue weighted by molar-refractivity contribution is -0.116. The molecule has 2 aliphatic rings. The normalized spacial score (nSPS) is 19.1. The standard InChI is InChI=1S/C22H34N2O4S/c1-28-20-14-13-19(17-21(20)29(26,27)24-15-6-3-7-16-24)23-22(25)12-8-11-18-9-4-2-5-10-18/h13-14,17-18H,2-12,15-16H2,1H3,(H,23,25). The highest BCUT2D eigenvalue weighted by Crippen LogP contribution is 2.31. The number of carbonyl (C=O) groups excluding carboxylic acids is 1. The molecule has 1 saturated carbocycles. The fourth-order valence-electron chi connectivity index (χ4n) is 4.45. The number of rotatable bonds is 8. The summed E-state index contributed by atoms with van der Waals surface area (Å²) < 4.78 is 33.0. The Bertz CT molecular complexity index is 782. The summed E-state index contributed by atoms with van der Waals surface area (Å²) in [7, 11) is -2.17. The van der Waals surface area contributed by atoms with Crippen LogP contribution in [0.4, 0.5) is 5.69 Å². The van der Waals surface area contributed by atoms with Gasteiger partial charge in [0.25, 0.3) is 0 Å². The van der Waals surface area contributed by atoms with E-state index >= 15 is 0 Å². The molecule has 1 amide bonds. The zero-order valence-electron chi connectivity index (χ0n) is 17.5. The fraction of sp³-hybridized carbons (Fsp3) is 0.682. The van der Waals surface area contributed by atoms with Crippen molar-refractivity contribution in [3.63, 3.8) is 0 Å². The molecule has 0 spiro atoms. The van der Waals surface area contributed by atoms with Gasteiger partial charge >= 0.3 is 0 Å². The Morgan fingerprint density at radius 2 is 1.79 bits per heavy atom. The van der Waals surface area contributed by atoms with Crippen LogP contribution < -0.4 is 10.1 Å². The Morgan fingerprint density at radius 3 is 2.48 bits per heavy atom. The van der Waals surface area contributed by atoms with E-state index < -0.39 is 10.0 Å². The van der Waals surface area contributed by atoms with Crippen molar-refractivity contribution < 1.29 is 17.9 Å². The third-order valence-electron chi connectivity index (χ3n) is 6.12. The average Bonchev–Trinajstić information content (AvgIpc) is 2.75. The molecule has 2 fully saturated rings. The van der Waals surface area contributed by atoms with Gasteiger partial charge in [-0.1, -0.05) is 38.5 Å². The molecule has 0 unspecified atom stereocenters. The van der Waals surface area contributed by atoms with E-state index in [1.54, 1.807) is 12.1 Å². The summed E-state index contributed by atoms with van der Waals surface area (Å²) in [6.07, 6.45) is 11.8. The van der Waals surface area contributed by atoms with Crippen molar-refractivity contribution >= 4 is 21.6 Å². The molecule has 1 aromatic carbocycles. The average molecular weight is 423 g/mol. The summed E-state index contributed by atoms with van der Waals surface area (Å²) in [5.41, 5.74) is 0.504. The topological polar surface area (TPSA) is 75.7 Å². The Balaban J connectivity index is 1.62. The number of sulfonamides is 1. The highest BCUT2D eigenvalue weighted by Gasteiger charge is 2.29. The van der Waals surface area contributed by atoms with Gasteiger partial charge in [0.15, 0.2) is 0 Å². The van der Waals surface area contributed by atoms with E-state index in [1.807, 2.05) is 0 Å². The second kappa shape index (κ2) is 10.4.